The average molecular weight is 298 g/mol. The summed E-state index contributed by atoms with van der Waals surface area (Å²) in [7, 11) is 5.57. The molecule has 116 valence electrons. The zero-order valence-corrected chi connectivity index (χ0v) is 13.5. The smallest absolute Gasteiger partial charge is 0.251 e. The normalized spacial score (nSPS) is 10.2. The van der Waals surface area contributed by atoms with Crippen molar-refractivity contribution in [2.75, 3.05) is 26.1 Å². The van der Waals surface area contributed by atoms with E-state index in [4.69, 9.17) is 4.74 Å². The summed E-state index contributed by atoms with van der Waals surface area (Å²) >= 11 is 0. The van der Waals surface area contributed by atoms with Gasteiger partial charge in [0.2, 0.25) is 0 Å². The molecule has 0 aliphatic heterocycles. The topological polar surface area (TPSA) is 41.6 Å². The maximum Gasteiger partial charge on any atom is 0.251 e. The summed E-state index contributed by atoms with van der Waals surface area (Å²) in [5.74, 6) is 0.783. The predicted molar refractivity (Wildman–Crippen MR) is 89.7 cm³/mol. The van der Waals surface area contributed by atoms with Crippen LogP contribution in [0, 0.1) is 6.92 Å². The van der Waals surface area contributed by atoms with Crippen LogP contribution in [0.15, 0.2) is 42.5 Å². The fourth-order valence-corrected chi connectivity index (χ4v) is 2.26. The molecule has 2 aromatic rings. The van der Waals surface area contributed by atoms with Gasteiger partial charge in [-0.25, -0.2) is 0 Å². The number of hydrogen-bond donors (Lipinski definition) is 1. The van der Waals surface area contributed by atoms with Crippen molar-refractivity contribution in [3.63, 3.8) is 0 Å². The second-order valence-electron chi connectivity index (χ2n) is 5.43. The molecule has 0 atom stereocenters. The highest BCUT2D eigenvalue weighted by molar-refractivity contribution is 5.95. The molecule has 0 aliphatic carbocycles. The van der Waals surface area contributed by atoms with Crippen LogP contribution in [0.3, 0.4) is 0 Å². The van der Waals surface area contributed by atoms with Gasteiger partial charge in [-0.3, -0.25) is 4.79 Å². The van der Waals surface area contributed by atoms with Crippen LogP contribution >= 0.6 is 0 Å². The minimum Gasteiger partial charge on any atom is -0.496 e. The van der Waals surface area contributed by atoms with Gasteiger partial charge in [0.25, 0.3) is 5.91 Å². The van der Waals surface area contributed by atoms with E-state index in [0.717, 1.165) is 22.6 Å². The Morgan fingerprint density at radius 1 is 1.18 bits per heavy atom. The second kappa shape index (κ2) is 6.98. The average Bonchev–Trinajstić information content (AvgIpc) is 2.52. The molecule has 0 saturated carbocycles. The molecule has 0 saturated heterocycles. The number of ether oxygens (including phenoxy) is 1. The number of carbonyl (C=O) groups excluding carboxylic acids is 1. The maximum absolute atomic E-state index is 12.2. The summed E-state index contributed by atoms with van der Waals surface area (Å²) in [6.07, 6.45) is 0. The third kappa shape index (κ3) is 3.79. The summed E-state index contributed by atoms with van der Waals surface area (Å²) in [5.41, 5.74) is 3.78. The molecule has 0 fully saturated rings. The lowest BCUT2D eigenvalue weighted by molar-refractivity contribution is 0.0951. The van der Waals surface area contributed by atoms with Crippen LogP contribution in [0.2, 0.25) is 0 Å². The Balaban J connectivity index is 2.03. The van der Waals surface area contributed by atoms with E-state index in [2.05, 4.69) is 5.32 Å². The summed E-state index contributed by atoms with van der Waals surface area (Å²) in [4.78, 5) is 14.2. The molecule has 1 N–H and O–H groups in total. The van der Waals surface area contributed by atoms with Gasteiger partial charge < -0.3 is 15.0 Å². The molecule has 0 spiro atoms. The third-order valence-electron chi connectivity index (χ3n) is 3.54. The lowest BCUT2D eigenvalue weighted by atomic mass is 10.1. The predicted octanol–water partition coefficient (Wildman–Crippen LogP) is 3.00. The zero-order valence-electron chi connectivity index (χ0n) is 13.5. The molecule has 0 heterocycles. The van der Waals surface area contributed by atoms with Gasteiger partial charge in [0, 0.05) is 31.9 Å². The van der Waals surface area contributed by atoms with Gasteiger partial charge in [-0.2, -0.15) is 0 Å². The number of methoxy groups -OCH3 is 1. The highest BCUT2D eigenvalue weighted by Gasteiger charge is 2.07. The molecule has 1 amide bonds. The lowest BCUT2D eigenvalue weighted by Crippen LogP contribution is -2.23. The molecular formula is C18H22N2O2. The first-order valence-electron chi connectivity index (χ1n) is 7.20. The van der Waals surface area contributed by atoms with E-state index in [9.17, 15) is 4.79 Å². The Kier molecular flexibility index (Phi) is 5.04. The van der Waals surface area contributed by atoms with Crippen molar-refractivity contribution in [1.29, 1.82) is 0 Å². The Labute approximate surface area is 131 Å². The molecule has 0 aliphatic rings. The SMILES string of the molecule is COc1ccc(CNC(=O)c2cccc(N(C)C)c2)cc1C. The Morgan fingerprint density at radius 2 is 1.95 bits per heavy atom. The lowest BCUT2D eigenvalue weighted by Gasteiger charge is -2.13. The standard InChI is InChI=1S/C18H22N2O2/c1-13-10-14(8-9-17(13)22-4)12-19-18(21)15-6-5-7-16(11-15)20(2)3/h5-11H,12H2,1-4H3,(H,19,21). The minimum atomic E-state index is -0.0721. The van der Waals surface area contributed by atoms with E-state index < -0.39 is 0 Å². The maximum atomic E-state index is 12.2. The molecule has 2 aromatic carbocycles. The Hall–Kier alpha value is -2.49. The van der Waals surface area contributed by atoms with E-state index in [1.165, 1.54) is 0 Å². The van der Waals surface area contributed by atoms with Crippen LogP contribution in [-0.4, -0.2) is 27.1 Å². The minimum absolute atomic E-state index is 0.0721. The summed E-state index contributed by atoms with van der Waals surface area (Å²) in [6.45, 7) is 2.49. The van der Waals surface area contributed by atoms with Gasteiger partial charge >= 0.3 is 0 Å². The van der Waals surface area contributed by atoms with Crippen LogP contribution in [0.5, 0.6) is 5.75 Å². The summed E-state index contributed by atoms with van der Waals surface area (Å²) in [6, 6.07) is 13.5. The number of carbonyl (C=O) groups is 1. The number of rotatable bonds is 5. The highest BCUT2D eigenvalue weighted by Crippen LogP contribution is 2.18. The molecule has 0 bridgehead atoms. The Bertz CT molecular complexity index is 666. The van der Waals surface area contributed by atoms with Crippen molar-refractivity contribution >= 4 is 11.6 Å². The van der Waals surface area contributed by atoms with Gasteiger partial charge in [-0.15, -0.1) is 0 Å². The first-order valence-corrected chi connectivity index (χ1v) is 7.20. The van der Waals surface area contributed by atoms with Crippen molar-refractivity contribution in [2.45, 2.75) is 13.5 Å². The zero-order chi connectivity index (χ0) is 16.1. The van der Waals surface area contributed by atoms with E-state index in [1.54, 1.807) is 7.11 Å². The van der Waals surface area contributed by atoms with Crippen LogP contribution in [0.1, 0.15) is 21.5 Å². The van der Waals surface area contributed by atoms with Gasteiger partial charge in [0.1, 0.15) is 5.75 Å². The Morgan fingerprint density at radius 3 is 2.59 bits per heavy atom. The number of benzene rings is 2. The molecule has 0 radical (unpaired) electrons. The fraction of sp³-hybridized carbons (Fsp3) is 0.278. The molecule has 22 heavy (non-hydrogen) atoms. The summed E-state index contributed by atoms with van der Waals surface area (Å²) in [5, 5.41) is 2.95. The molecule has 2 rings (SSSR count). The van der Waals surface area contributed by atoms with Crippen LogP contribution in [-0.2, 0) is 6.54 Å². The van der Waals surface area contributed by atoms with Crippen LogP contribution in [0.25, 0.3) is 0 Å². The van der Waals surface area contributed by atoms with Gasteiger partial charge in [0.15, 0.2) is 0 Å². The number of hydrogen-bond acceptors (Lipinski definition) is 3. The van der Waals surface area contributed by atoms with Crippen molar-refractivity contribution in [3.05, 3.63) is 59.2 Å². The molecule has 0 unspecified atom stereocenters. The van der Waals surface area contributed by atoms with Crippen molar-refractivity contribution in [1.82, 2.24) is 5.32 Å². The van der Waals surface area contributed by atoms with E-state index in [-0.39, 0.29) is 5.91 Å². The van der Waals surface area contributed by atoms with Gasteiger partial charge in [-0.05, 0) is 42.3 Å². The van der Waals surface area contributed by atoms with Crippen LogP contribution < -0.4 is 15.0 Å². The van der Waals surface area contributed by atoms with E-state index in [0.29, 0.717) is 12.1 Å². The highest BCUT2D eigenvalue weighted by atomic mass is 16.5. The monoisotopic (exact) mass is 298 g/mol. The van der Waals surface area contributed by atoms with Crippen molar-refractivity contribution < 1.29 is 9.53 Å². The fourth-order valence-electron chi connectivity index (χ4n) is 2.26. The second-order valence-corrected chi connectivity index (χ2v) is 5.43. The molecule has 4 nitrogen and oxygen atoms in total. The number of nitrogens with zero attached hydrogens (tertiary/aromatic N) is 1. The largest absolute Gasteiger partial charge is 0.496 e. The molecule has 0 aromatic heterocycles. The van der Waals surface area contributed by atoms with Gasteiger partial charge in [-0.1, -0.05) is 18.2 Å². The number of amides is 1. The number of anilines is 1. The summed E-state index contributed by atoms with van der Waals surface area (Å²) < 4.78 is 5.24. The van der Waals surface area contributed by atoms with Gasteiger partial charge in [0.05, 0.1) is 7.11 Å². The molecule has 4 heteroatoms. The van der Waals surface area contributed by atoms with E-state index >= 15 is 0 Å². The quantitative estimate of drug-likeness (QED) is 0.922. The number of aryl methyl sites for hydroxylation is 1. The van der Waals surface area contributed by atoms with Crippen molar-refractivity contribution in [2.24, 2.45) is 0 Å². The van der Waals surface area contributed by atoms with Crippen LogP contribution in [0.4, 0.5) is 5.69 Å². The first-order chi connectivity index (χ1) is 10.5. The molecular weight excluding hydrogens is 276 g/mol. The first kappa shape index (κ1) is 15.9. The van der Waals surface area contributed by atoms with E-state index in [1.807, 2.05) is 68.4 Å². The van der Waals surface area contributed by atoms with Crippen molar-refractivity contribution in [3.8, 4) is 5.75 Å². The number of nitrogens with one attached hydrogen (secondary N) is 1. The third-order valence-corrected chi connectivity index (χ3v) is 3.54.